The van der Waals surface area contributed by atoms with Crippen LogP contribution in [0.2, 0.25) is 0 Å². The summed E-state index contributed by atoms with van der Waals surface area (Å²) in [6, 6.07) is 90.5. The number of hydrogen-bond donors (Lipinski definition) is 3. The smallest absolute Gasteiger partial charge is 0.224 e. The normalized spacial score (nSPS) is 20.6. The highest BCUT2D eigenvalue weighted by atomic mass is 31.2. The van der Waals surface area contributed by atoms with Crippen LogP contribution in [0.25, 0.3) is 0 Å². The van der Waals surface area contributed by atoms with Gasteiger partial charge in [-0.15, -0.1) is 0 Å². The quantitative estimate of drug-likeness (QED) is 0.144. The standard InChI is InChI=1S/C79H94N10P3/c1-66-55-56-69-60-78(66)82-85-88-92(76-51-31-20-32-52-76,77-53-33-21-34-54-77)65-79(2)63-90(72-43-23-16-24-44-72,73-45-25-17-26-46-73)86-83-80-70-41-36-39-67(58-70)38-22-14-12-10-8-6-4-3-5-7-9-11-13-15-35-57-89(62-69)61-68-40-37-42-71(59-68)81-84-87-91(64-79,74-47-27-18-28-48-74)75-49-29-19-30-50-75/h16-21,23-34,36-37,39-56,58-60H,3-15,22,35,38,57,61-65H2,1-2H3,(H,80,86)(H,81,87)(H,82,88)/q+3. The highest BCUT2D eigenvalue weighted by Gasteiger charge is 2.63. The van der Waals surface area contributed by atoms with Crippen LogP contribution in [0.3, 0.4) is 0 Å². The van der Waals surface area contributed by atoms with Crippen molar-refractivity contribution in [3.63, 3.8) is 0 Å². The second-order valence-electron chi connectivity index (χ2n) is 25.8. The van der Waals surface area contributed by atoms with E-state index in [2.05, 4.69) is 284 Å². The summed E-state index contributed by atoms with van der Waals surface area (Å²) < 4.78 is 0. The highest BCUT2D eigenvalue weighted by Crippen LogP contribution is 2.72. The minimum absolute atomic E-state index is 0.603. The van der Waals surface area contributed by atoms with Crippen LogP contribution in [0.4, 0.5) is 17.1 Å². The molecule has 0 saturated heterocycles. The predicted molar refractivity (Wildman–Crippen MR) is 396 cm³/mol. The van der Waals surface area contributed by atoms with Crippen molar-refractivity contribution in [1.82, 2.24) is 4.90 Å². The van der Waals surface area contributed by atoms with E-state index in [1.165, 1.54) is 107 Å². The first-order valence-electron chi connectivity index (χ1n) is 33.8. The lowest BCUT2D eigenvalue weighted by molar-refractivity contribution is 0.250. The van der Waals surface area contributed by atoms with Gasteiger partial charge in [-0.25, -0.2) is 0 Å². The van der Waals surface area contributed by atoms with Crippen molar-refractivity contribution in [3.8, 4) is 0 Å². The SMILES string of the molecule is Cc1ccc2cc1N/N=N\[P+](c1ccccc1)(c1ccccc1)CC1(C)C[P+](c3ccccc3)(c3ccccc3)N=NNc3cccc(c3)CCCCCCCCCCCCCCCCCN(Cc3cccc(c3)N/N=N/[P+](c3ccccc3)(c3ccccc3)C1)C2. The van der Waals surface area contributed by atoms with E-state index in [1.54, 1.807) is 0 Å². The van der Waals surface area contributed by atoms with Gasteiger partial charge >= 0.3 is 0 Å². The number of benzene rings is 9. The summed E-state index contributed by atoms with van der Waals surface area (Å²) in [4.78, 5) is 20.3. The van der Waals surface area contributed by atoms with Crippen LogP contribution < -0.4 is 48.1 Å². The van der Waals surface area contributed by atoms with Gasteiger partial charge in [0.15, 0.2) is 0 Å². The number of fused-ring (bicyclic) bond motifs is 25. The molecule has 12 rings (SSSR count). The van der Waals surface area contributed by atoms with Crippen molar-refractivity contribution >= 4 is 71.1 Å². The van der Waals surface area contributed by atoms with Crippen molar-refractivity contribution in [3.05, 3.63) is 271 Å². The maximum Gasteiger partial charge on any atom is 0.224 e. The third-order valence-corrected chi connectivity index (χ3v) is 30.2. The fourth-order valence-corrected chi connectivity index (χ4v) is 25.7. The van der Waals surface area contributed by atoms with Crippen molar-refractivity contribution < 1.29 is 0 Å². The molecule has 2 atom stereocenters. The Balaban J connectivity index is 1.13. The summed E-state index contributed by atoms with van der Waals surface area (Å²) in [6.45, 7) is 7.26. The van der Waals surface area contributed by atoms with Crippen molar-refractivity contribution in [2.24, 2.45) is 35.7 Å². The zero-order valence-electron chi connectivity index (χ0n) is 54.2. The number of rotatable bonds is 6. The predicted octanol–water partition coefficient (Wildman–Crippen LogP) is 20.2. The largest absolute Gasteiger partial charge is 0.295 e. The lowest BCUT2D eigenvalue weighted by atomic mass is 9.99. The van der Waals surface area contributed by atoms with Crippen LogP contribution in [-0.4, -0.2) is 29.9 Å². The molecule has 0 saturated carbocycles. The van der Waals surface area contributed by atoms with Gasteiger partial charge in [0.25, 0.3) is 0 Å². The zero-order chi connectivity index (χ0) is 63.0. The molecule has 3 aliphatic rings. The van der Waals surface area contributed by atoms with Gasteiger partial charge in [0.05, 0.1) is 22.5 Å². The van der Waals surface area contributed by atoms with Gasteiger partial charge in [-0.1, -0.05) is 229 Å². The number of hydrogen-bond acceptors (Lipinski definition) is 10. The van der Waals surface area contributed by atoms with Crippen molar-refractivity contribution in [2.75, 3.05) is 41.3 Å². The molecule has 9 aromatic rings. The Bertz CT molecular complexity index is 3640. The molecule has 3 heterocycles. The van der Waals surface area contributed by atoms with Gasteiger partial charge in [-0.05, 0) is 181 Å². The Morgan fingerprint density at radius 3 is 1.04 bits per heavy atom. The third-order valence-electron chi connectivity index (χ3n) is 18.5. The Morgan fingerprint density at radius 2 is 0.652 bits per heavy atom. The molecule has 3 N–H and O–H groups in total. The monoisotopic (exact) mass is 1280 g/mol. The van der Waals surface area contributed by atoms with E-state index in [0.29, 0.717) is 18.5 Å². The van der Waals surface area contributed by atoms with Gasteiger partial charge in [-0.3, -0.25) is 21.2 Å². The molecule has 0 amide bonds. The zero-order valence-corrected chi connectivity index (χ0v) is 56.9. The van der Waals surface area contributed by atoms with Gasteiger partial charge in [0.2, 0.25) is 22.2 Å². The fourth-order valence-electron chi connectivity index (χ4n) is 13.8. The van der Waals surface area contributed by atoms with E-state index >= 15 is 0 Å². The van der Waals surface area contributed by atoms with Crippen molar-refractivity contribution in [2.45, 2.75) is 130 Å². The lowest BCUT2D eigenvalue weighted by Crippen LogP contribution is -2.43. The Labute approximate surface area is 550 Å². The van der Waals surface area contributed by atoms with Gasteiger partial charge in [0.1, 0.15) is 50.3 Å². The van der Waals surface area contributed by atoms with Crippen molar-refractivity contribution in [1.29, 1.82) is 0 Å². The second-order valence-corrected chi connectivity index (χ2v) is 35.0. The number of nitrogens with one attached hydrogen (secondary N) is 3. The summed E-state index contributed by atoms with van der Waals surface area (Å²) in [5, 5.41) is 22.6. The van der Waals surface area contributed by atoms with E-state index in [-0.39, 0.29) is 0 Å². The first-order chi connectivity index (χ1) is 45.3. The summed E-state index contributed by atoms with van der Waals surface area (Å²) in [5.41, 5.74) is 17.7. The van der Waals surface area contributed by atoms with Crippen LogP contribution in [0.5, 0.6) is 0 Å². The fraction of sp³-hybridized carbons (Fsp3) is 0.316. The van der Waals surface area contributed by atoms with E-state index in [1.807, 2.05) is 0 Å². The van der Waals surface area contributed by atoms with Gasteiger partial charge < -0.3 is 0 Å². The van der Waals surface area contributed by atoms with Crippen LogP contribution >= 0.6 is 22.2 Å². The Kier molecular flexibility index (Phi) is 23.9. The molecule has 9 aromatic carbocycles. The topological polar surface area (TPSA) is 113 Å². The van der Waals surface area contributed by atoms with E-state index in [9.17, 15) is 0 Å². The maximum atomic E-state index is 5.91. The Morgan fingerprint density at radius 1 is 0.326 bits per heavy atom. The summed E-state index contributed by atoms with van der Waals surface area (Å²) in [5.74, 6) is 0. The number of anilines is 3. The molecular formula is C79H94N10P3+3. The molecule has 472 valence electrons. The number of aryl methyl sites for hydroxylation is 2. The molecule has 0 radical (unpaired) electrons. The summed E-state index contributed by atoms with van der Waals surface area (Å²) in [6.07, 6.45) is 22.4. The minimum atomic E-state index is -2.99. The second kappa shape index (κ2) is 33.3. The third kappa shape index (κ3) is 17.6. The minimum Gasteiger partial charge on any atom is -0.295 e. The van der Waals surface area contributed by atoms with Gasteiger partial charge in [-0.2, -0.15) is 0 Å². The van der Waals surface area contributed by atoms with Crippen LogP contribution in [0.15, 0.2) is 279 Å². The molecule has 0 aliphatic carbocycles. The summed E-state index contributed by atoms with van der Waals surface area (Å²) in [7, 11) is -8.93. The molecule has 8 bridgehead atoms. The maximum absolute atomic E-state index is 5.91. The first-order valence-corrected chi connectivity index (χ1v) is 39.6. The van der Waals surface area contributed by atoms with E-state index < -0.39 is 27.7 Å². The molecule has 3 aliphatic heterocycles. The van der Waals surface area contributed by atoms with Crippen LogP contribution in [0, 0.1) is 12.3 Å². The average Bonchev–Trinajstić information content (AvgIpc) is 0.744. The molecule has 92 heavy (non-hydrogen) atoms. The van der Waals surface area contributed by atoms with Gasteiger partial charge in [0, 0.05) is 27.7 Å². The molecule has 0 fully saturated rings. The van der Waals surface area contributed by atoms with Crippen LogP contribution in [-0.2, 0) is 19.5 Å². The molecule has 2 unspecified atom stereocenters. The molecule has 0 aromatic heterocycles. The van der Waals surface area contributed by atoms with E-state index in [0.717, 1.165) is 86.9 Å². The molecule has 10 nitrogen and oxygen atoms in total. The lowest BCUT2D eigenvalue weighted by Gasteiger charge is -2.37. The molecule has 13 heteroatoms. The average molecular weight is 1280 g/mol. The molecular weight excluding hydrogens is 1180 g/mol. The highest BCUT2D eigenvalue weighted by molar-refractivity contribution is 7.90. The van der Waals surface area contributed by atoms with Crippen LogP contribution in [0.1, 0.15) is 125 Å². The first kappa shape index (κ1) is 65.9. The summed E-state index contributed by atoms with van der Waals surface area (Å²) >= 11 is 0. The number of nitrogens with zero attached hydrogens (tertiary/aromatic N) is 7. The Hall–Kier alpha value is -7.57. The molecule has 0 spiro atoms. The van der Waals surface area contributed by atoms with E-state index in [4.69, 9.17) is 30.3 Å².